The van der Waals surface area contributed by atoms with E-state index in [9.17, 15) is 0 Å². The van der Waals surface area contributed by atoms with Gasteiger partial charge in [0.2, 0.25) is 0 Å². The number of nitrogens with zero attached hydrogens (tertiary/aromatic N) is 1. The van der Waals surface area contributed by atoms with Crippen molar-refractivity contribution >= 4 is 27.3 Å². The van der Waals surface area contributed by atoms with Crippen LogP contribution in [0, 0.1) is 11.3 Å². The van der Waals surface area contributed by atoms with Crippen molar-refractivity contribution in [3.63, 3.8) is 0 Å². The lowest BCUT2D eigenvalue weighted by molar-refractivity contribution is 1.09. The van der Waals surface area contributed by atoms with Crippen molar-refractivity contribution in [2.24, 2.45) is 0 Å². The smallest absolute Gasteiger partial charge is 0.0992 e. The number of hydrogen-bond acceptors (Lipinski definition) is 2. The predicted octanol–water partition coefficient (Wildman–Crippen LogP) is 5.19. The summed E-state index contributed by atoms with van der Waals surface area (Å²) < 4.78 is 0.907. The van der Waals surface area contributed by atoms with Gasteiger partial charge in [0, 0.05) is 10.2 Å². The Bertz CT molecular complexity index is 634. The van der Waals surface area contributed by atoms with Gasteiger partial charge >= 0.3 is 0 Å². The van der Waals surface area contributed by atoms with Crippen LogP contribution < -0.4 is 5.32 Å². The molecule has 0 saturated heterocycles. The van der Waals surface area contributed by atoms with Gasteiger partial charge in [-0.2, -0.15) is 5.26 Å². The van der Waals surface area contributed by atoms with E-state index in [1.165, 1.54) is 16.8 Å². The molecular formula is C17H17BrN2. The third-order valence-electron chi connectivity index (χ3n) is 3.36. The quantitative estimate of drug-likeness (QED) is 0.838. The molecule has 3 heteroatoms. The second kappa shape index (κ2) is 6.58. The van der Waals surface area contributed by atoms with Crippen molar-refractivity contribution in [2.45, 2.75) is 26.7 Å². The molecule has 0 radical (unpaired) electrons. The van der Waals surface area contributed by atoms with Gasteiger partial charge in [-0.3, -0.25) is 0 Å². The van der Waals surface area contributed by atoms with Gasteiger partial charge in [0.1, 0.15) is 0 Å². The number of benzene rings is 2. The lowest BCUT2D eigenvalue weighted by Gasteiger charge is -2.16. The fraction of sp³-hybridized carbons (Fsp3) is 0.235. The molecule has 0 aromatic heterocycles. The van der Waals surface area contributed by atoms with Gasteiger partial charge in [0.25, 0.3) is 0 Å². The van der Waals surface area contributed by atoms with Crippen LogP contribution in [0.1, 0.15) is 30.5 Å². The highest BCUT2D eigenvalue weighted by Gasteiger charge is 2.08. The van der Waals surface area contributed by atoms with Gasteiger partial charge in [-0.05, 0) is 58.1 Å². The van der Waals surface area contributed by atoms with E-state index in [0.717, 1.165) is 23.0 Å². The fourth-order valence-corrected chi connectivity index (χ4v) is 2.70. The van der Waals surface area contributed by atoms with Crippen molar-refractivity contribution in [3.8, 4) is 6.07 Å². The number of nitrogens with one attached hydrogen (secondary N) is 1. The maximum atomic E-state index is 8.92. The maximum absolute atomic E-state index is 8.92. The Balaban J connectivity index is 2.42. The van der Waals surface area contributed by atoms with Crippen LogP contribution in [-0.2, 0) is 12.8 Å². The highest BCUT2D eigenvalue weighted by Crippen LogP contribution is 2.31. The molecule has 2 nitrogen and oxygen atoms in total. The Morgan fingerprint density at radius 3 is 2.25 bits per heavy atom. The molecule has 0 atom stereocenters. The average Bonchev–Trinajstić information content (AvgIpc) is 2.49. The van der Waals surface area contributed by atoms with Crippen LogP contribution in [0.3, 0.4) is 0 Å². The summed E-state index contributed by atoms with van der Waals surface area (Å²) in [6.07, 6.45) is 1.98. The predicted molar refractivity (Wildman–Crippen MR) is 87.3 cm³/mol. The summed E-state index contributed by atoms with van der Waals surface area (Å²) in [5, 5.41) is 12.4. The first-order valence-electron chi connectivity index (χ1n) is 6.77. The topological polar surface area (TPSA) is 35.8 Å². The van der Waals surface area contributed by atoms with Crippen molar-refractivity contribution in [2.75, 3.05) is 5.32 Å². The Morgan fingerprint density at radius 1 is 1.10 bits per heavy atom. The van der Waals surface area contributed by atoms with Gasteiger partial charge in [-0.1, -0.05) is 32.0 Å². The minimum atomic E-state index is 0.655. The molecule has 0 spiro atoms. The second-order valence-corrected chi connectivity index (χ2v) is 5.44. The zero-order valence-electron chi connectivity index (χ0n) is 11.7. The van der Waals surface area contributed by atoms with Crippen molar-refractivity contribution in [3.05, 3.63) is 57.6 Å². The summed E-state index contributed by atoms with van der Waals surface area (Å²) in [7, 11) is 0. The molecule has 2 rings (SSSR count). The Hall–Kier alpha value is -1.79. The van der Waals surface area contributed by atoms with E-state index in [2.05, 4.69) is 59.4 Å². The number of para-hydroxylation sites is 1. The molecule has 102 valence electrons. The number of hydrogen-bond donors (Lipinski definition) is 1. The van der Waals surface area contributed by atoms with E-state index in [1.807, 2.05) is 18.2 Å². The standard InChI is InChI=1S/C17H17BrN2/c1-3-13-6-5-7-14(4-2)17(13)20-16-9-8-12(11-19)10-15(16)18/h5-10,20H,3-4H2,1-2H3. The summed E-state index contributed by atoms with van der Waals surface area (Å²) in [6.45, 7) is 4.32. The van der Waals surface area contributed by atoms with Crippen LogP contribution in [0.4, 0.5) is 11.4 Å². The maximum Gasteiger partial charge on any atom is 0.0992 e. The molecule has 2 aromatic carbocycles. The molecule has 20 heavy (non-hydrogen) atoms. The average molecular weight is 329 g/mol. The number of aryl methyl sites for hydroxylation is 2. The molecule has 0 aliphatic heterocycles. The molecule has 0 heterocycles. The van der Waals surface area contributed by atoms with Gasteiger partial charge in [-0.25, -0.2) is 0 Å². The van der Waals surface area contributed by atoms with Gasteiger partial charge in [-0.15, -0.1) is 0 Å². The number of rotatable bonds is 4. The normalized spacial score (nSPS) is 10.1. The first-order valence-corrected chi connectivity index (χ1v) is 7.56. The number of halogens is 1. The summed E-state index contributed by atoms with van der Waals surface area (Å²) in [5.41, 5.74) is 5.44. The van der Waals surface area contributed by atoms with Crippen LogP contribution in [0.5, 0.6) is 0 Å². The first-order chi connectivity index (χ1) is 9.69. The summed E-state index contributed by atoms with van der Waals surface area (Å²) in [6, 6.07) is 14.2. The van der Waals surface area contributed by atoms with E-state index in [1.54, 1.807) is 0 Å². The minimum absolute atomic E-state index is 0.655. The first kappa shape index (κ1) is 14.6. The third kappa shape index (κ3) is 3.02. The Labute approximate surface area is 128 Å². The van der Waals surface area contributed by atoms with Gasteiger partial charge in [0.15, 0.2) is 0 Å². The van der Waals surface area contributed by atoms with Gasteiger partial charge in [0.05, 0.1) is 17.3 Å². The van der Waals surface area contributed by atoms with Gasteiger partial charge < -0.3 is 5.32 Å². The van der Waals surface area contributed by atoms with Crippen LogP contribution >= 0.6 is 15.9 Å². The van der Waals surface area contributed by atoms with Crippen LogP contribution in [0.25, 0.3) is 0 Å². The zero-order valence-corrected chi connectivity index (χ0v) is 13.3. The Morgan fingerprint density at radius 2 is 1.75 bits per heavy atom. The number of nitriles is 1. The second-order valence-electron chi connectivity index (χ2n) is 4.59. The largest absolute Gasteiger partial charge is 0.354 e. The van der Waals surface area contributed by atoms with Crippen molar-refractivity contribution < 1.29 is 0 Å². The number of anilines is 2. The molecular weight excluding hydrogens is 312 g/mol. The van der Waals surface area contributed by atoms with E-state index in [4.69, 9.17) is 5.26 Å². The Kier molecular flexibility index (Phi) is 4.81. The summed E-state index contributed by atoms with van der Waals surface area (Å²) in [5.74, 6) is 0. The van der Waals surface area contributed by atoms with Crippen LogP contribution in [0.15, 0.2) is 40.9 Å². The molecule has 0 aliphatic rings. The molecule has 0 fully saturated rings. The third-order valence-corrected chi connectivity index (χ3v) is 4.01. The molecule has 0 saturated carbocycles. The van der Waals surface area contributed by atoms with Crippen LogP contribution in [-0.4, -0.2) is 0 Å². The van der Waals surface area contributed by atoms with E-state index in [-0.39, 0.29) is 0 Å². The minimum Gasteiger partial charge on any atom is -0.354 e. The highest BCUT2D eigenvalue weighted by molar-refractivity contribution is 9.10. The molecule has 0 amide bonds. The van der Waals surface area contributed by atoms with E-state index in [0.29, 0.717) is 5.56 Å². The van der Waals surface area contributed by atoms with E-state index < -0.39 is 0 Å². The molecule has 2 aromatic rings. The molecule has 0 aliphatic carbocycles. The van der Waals surface area contributed by atoms with E-state index >= 15 is 0 Å². The van der Waals surface area contributed by atoms with Crippen molar-refractivity contribution in [1.29, 1.82) is 5.26 Å². The summed E-state index contributed by atoms with van der Waals surface area (Å²) in [4.78, 5) is 0. The monoisotopic (exact) mass is 328 g/mol. The zero-order chi connectivity index (χ0) is 14.5. The highest BCUT2D eigenvalue weighted by atomic mass is 79.9. The molecule has 0 bridgehead atoms. The van der Waals surface area contributed by atoms with Crippen LogP contribution in [0.2, 0.25) is 0 Å². The lowest BCUT2D eigenvalue weighted by atomic mass is 10.0. The lowest BCUT2D eigenvalue weighted by Crippen LogP contribution is -2.00. The SMILES string of the molecule is CCc1cccc(CC)c1Nc1ccc(C#N)cc1Br. The molecule has 0 unspecified atom stereocenters. The van der Waals surface area contributed by atoms with Crippen molar-refractivity contribution in [1.82, 2.24) is 0 Å². The fourth-order valence-electron chi connectivity index (χ4n) is 2.22. The summed E-state index contributed by atoms with van der Waals surface area (Å²) >= 11 is 3.52. The molecule has 1 N–H and O–H groups in total.